The molecule has 1 unspecified atom stereocenters. The van der Waals surface area contributed by atoms with Crippen LogP contribution in [0.15, 0.2) is 5.38 Å². The highest BCUT2D eigenvalue weighted by molar-refractivity contribution is 7.09. The molecule has 0 aliphatic heterocycles. The Hall–Kier alpha value is -0.980. The highest BCUT2D eigenvalue weighted by Gasteiger charge is 2.14. The molecule has 0 aliphatic rings. The van der Waals surface area contributed by atoms with Gasteiger partial charge in [-0.25, -0.2) is 4.98 Å². The second kappa shape index (κ2) is 6.57. The fraction of sp³-hybridized carbons (Fsp3) is 0.600. The molecule has 4 N–H and O–H groups in total. The maximum Gasteiger partial charge on any atom is 0.270 e. The molecule has 0 fully saturated rings. The van der Waals surface area contributed by atoms with Crippen molar-refractivity contribution in [3.05, 3.63) is 16.1 Å². The summed E-state index contributed by atoms with van der Waals surface area (Å²) in [5.74, 6) is -0.198. The Morgan fingerprint density at radius 1 is 1.75 bits per heavy atom. The minimum atomic E-state index is -0.198. The molecule has 16 heavy (non-hydrogen) atoms. The van der Waals surface area contributed by atoms with Gasteiger partial charge in [-0.15, -0.1) is 11.3 Å². The normalized spacial score (nSPS) is 12.4. The topological polar surface area (TPSA) is 88.2 Å². The lowest BCUT2D eigenvalue weighted by Crippen LogP contribution is -2.35. The molecule has 0 bridgehead atoms. The molecule has 1 amide bonds. The standard InChI is InChI=1S/C10H17N3O2S/c1-2-7(3-4-14)12-10(15)8-6-16-9(5-11)13-8/h6-7,14H,2-5,11H2,1H3,(H,12,15). The van der Waals surface area contributed by atoms with E-state index in [2.05, 4.69) is 10.3 Å². The van der Waals surface area contributed by atoms with Crippen LogP contribution in [0.3, 0.4) is 0 Å². The number of rotatable bonds is 6. The van der Waals surface area contributed by atoms with Crippen LogP contribution in [0, 0.1) is 0 Å². The third kappa shape index (κ3) is 3.55. The summed E-state index contributed by atoms with van der Waals surface area (Å²) in [6.07, 6.45) is 1.36. The molecular weight excluding hydrogens is 226 g/mol. The van der Waals surface area contributed by atoms with Crippen molar-refractivity contribution >= 4 is 17.2 Å². The number of carbonyl (C=O) groups excluding carboxylic acids is 1. The zero-order chi connectivity index (χ0) is 12.0. The number of hydrogen-bond acceptors (Lipinski definition) is 5. The molecule has 0 aromatic carbocycles. The quantitative estimate of drug-likeness (QED) is 0.678. The van der Waals surface area contributed by atoms with Crippen molar-refractivity contribution in [1.82, 2.24) is 10.3 Å². The Kier molecular flexibility index (Phi) is 5.37. The van der Waals surface area contributed by atoms with Crippen molar-refractivity contribution in [2.45, 2.75) is 32.4 Å². The Labute approximate surface area is 98.7 Å². The van der Waals surface area contributed by atoms with Gasteiger partial charge in [0.15, 0.2) is 0 Å². The van der Waals surface area contributed by atoms with Gasteiger partial charge in [-0.3, -0.25) is 4.79 Å². The van der Waals surface area contributed by atoms with Gasteiger partial charge in [0.25, 0.3) is 5.91 Å². The summed E-state index contributed by atoms with van der Waals surface area (Å²) >= 11 is 1.38. The van der Waals surface area contributed by atoms with E-state index in [1.54, 1.807) is 5.38 Å². The Morgan fingerprint density at radius 3 is 3.00 bits per heavy atom. The molecular formula is C10H17N3O2S. The van der Waals surface area contributed by atoms with E-state index in [9.17, 15) is 4.79 Å². The number of amides is 1. The second-order valence-corrected chi connectivity index (χ2v) is 4.36. The molecule has 1 aromatic rings. The van der Waals surface area contributed by atoms with Gasteiger partial charge in [0.05, 0.1) is 0 Å². The fourth-order valence-corrected chi connectivity index (χ4v) is 1.96. The Morgan fingerprint density at radius 2 is 2.50 bits per heavy atom. The molecule has 1 rings (SSSR count). The van der Waals surface area contributed by atoms with Crippen LogP contribution in [-0.4, -0.2) is 28.6 Å². The third-order valence-corrected chi connectivity index (χ3v) is 3.14. The molecule has 1 heterocycles. The Balaban J connectivity index is 2.56. The number of hydrogen-bond donors (Lipinski definition) is 3. The first kappa shape index (κ1) is 13.1. The highest BCUT2D eigenvalue weighted by atomic mass is 32.1. The number of nitrogens with zero attached hydrogens (tertiary/aromatic N) is 1. The van der Waals surface area contributed by atoms with Gasteiger partial charge in [-0.2, -0.15) is 0 Å². The molecule has 1 aromatic heterocycles. The van der Waals surface area contributed by atoms with E-state index in [1.165, 1.54) is 11.3 Å². The summed E-state index contributed by atoms with van der Waals surface area (Å²) in [6, 6.07) is 0.000488. The van der Waals surface area contributed by atoms with Crippen LogP contribution in [-0.2, 0) is 6.54 Å². The lowest BCUT2D eigenvalue weighted by molar-refractivity contribution is 0.0924. The van der Waals surface area contributed by atoms with E-state index in [0.717, 1.165) is 11.4 Å². The van der Waals surface area contributed by atoms with E-state index >= 15 is 0 Å². The predicted molar refractivity (Wildman–Crippen MR) is 63.3 cm³/mol. The van der Waals surface area contributed by atoms with E-state index in [4.69, 9.17) is 10.8 Å². The molecule has 1 atom stereocenters. The van der Waals surface area contributed by atoms with Crippen LogP contribution in [0.4, 0.5) is 0 Å². The maximum atomic E-state index is 11.7. The maximum absolute atomic E-state index is 11.7. The zero-order valence-electron chi connectivity index (χ0n) is 9.27. The average molecular weight is 243 g/mol. The molecule has 90 valence electrons. The number of thiazole rings is 1. The van der Waals surface area contributed by atoms with Gasteiger partial charge in [-0.1, -0.05) is 6.92 Å². The summed E-state index contributed by atoms with van der Waals surface area (Å²) < 4.78 is 0. The molecule has 0 saturated carbocycles. The van der Waals surface area contributed by atoms with Crippen LogP contribution in [0.5, 0.6) is 0 Å². The molecule has 0 aliphatic carbocycles. The van der Waals surface area contributed by atoms with Crippen LogP contribution in [0.25, 0.3) is 0 Å². The first-order valence-electron chi connectivity index (χ1n) is 5.27. The van der Waals surface area contributed by atoms with E-state index in [0.29, 0.717) is 18.7 Å². The first-order valence-corrected chi connectivity index (χ1v) is 6.15. The largest absolute Gasteiger partial charge is 0.396 e. The smallest absolute Gasteiger partial charge is 0.270 e. The van der Waals surface area contributed by atoms with Gasteiger partial charge < -0.3 is 16.2 Å². The summed E-state index contributed by atoms with van der Waals surface area (Å²) in [7, 11) is 0. The highest BCUT2D eigenvalue weighted by Crippen LogP contribution is 2.09. The van der Waals surface area contributed by atoms with Crippen molar-refractivity contribution < 1.29 is 9.90 Å². The van der Waals surface area contributed by atoms with Gasteiger partial charge in [-0.05, 0) is 12.8 Å². The van der Waals surface area contributed by atoms with Crippen molar-refractivity contribution in [3.8, 4) is 0 Å². The van der Waals surface area contributed by atoms with Crippen LogP contribution in [0.2, 0.25) is 0 Å². The molecule has 0 radical (unpaired) electrons. The zero-order valence-corrected chi connectivity index (χ0v) is 10.1. The van der Waals surface area contributed by atoms with Crippen LogP contribution >= 0.6 is 11.3 Å². The van der Waals surface area contributed by atoms with E-state index < -0.39 is 0 Å². The van der Waals surface area contributed by atoms with Crippen molar-refractivity contribution in [1.29, 1.82) is 0 Å². The third-order valence-electron chi connectivity index (χ3n) is 2.26. The van der Waals surface area contributed by atoms with Crippen LogP contribution in [0.1, 0.15) is 35.3 Å². The van der Waals surface area contributed by atoms with Gasteiger partial charge in [0, 0.05) is 24.6 Å². The van der Waals surface area contributed by atoms with E-state index in [-0.39, 0.29) is 18.6 Å². The Bertz CT molecular complexity index is 341. The average Bonchev–Trinajstić information content (AvgIpc) is 2.76. The second-order valence-electron chi connectivity index (χ2n) is 3.42. The van der Waals surface area contributed by atoms with Gasteiger partial charge in [0.2, 0.25) is 0 Å². The number of aliphatic hydroxyl groups excluding tert-OH is 1. The fourth-order valence-electron chi connectivity index (χ4n) is 1.30. The minimum absolute atomic E-state index is 0.000488. The summed E-state index contributed by atoms with van der Waals surface area (Å²) in [5.41, 5.74) is 5.83. The van der Waals surface area contributed by atoms with Crippen molar-refractivity contribution in [2.75, 3.05) is 6.61 Å². The number of aromatic nitrogens is 1. The number of nitrogens with one attached hydrogen (secondary N) is 1. The lowest BCUT2D eigenvalue weighted by atomic mass is 10.1. The number of nitrogens with two attached hydrogens (primary N) is 1. The van der Waals surface area contributed by atoms with Gasteiger partial charge in [0.1, 0.15) is 10.7 Å². The van der Waals surface area contributed by atoms with Crippen LogP contribution < -0.4 is 11.1 Å². The minimum Gasteiger partial charge on any atom is -0.396 e. The van der Waals surface area contributed by atoms with Gasteiger partial charge >= 0.3 is 0 Å². The SMILES string of the molecule is CCC(CCO)NC(=O)c1csc(CN)n1. The van der Waals surface area contributed by atoms with Crippen molar-refractivity contribution in [3.63, 3.8) is 0 Å². The molecule has 6 heteroatoms. The number of carbonyl (C=O) groups is 1. The van der Waals surface area contributed by atoms with E-state index in [1.807, 2.05) is 6.92 Å². The molecule has 0 saturated heterocycles. The monoisotopic (exact) mass is 243 g/mol. The molecule has 5 nitrogen and oxygen atoms in total. The summed E-state index contributed by atoms with van der Waals surface area (Å²) in [5, 5.41) is 14.1. The predicted octanol–water partition coefficient (Wildman–Crippen LogP) is 0.493. The molecule has 0 spiro atoms. The first-order chi connectivity index (χ1) is 7.71. The van der Waals surface area contributed by atoms with Crippen molar-refractivity contribution in [2.24, 2.45) is 5.73 Å². The summed E-state index contributed by atoms with van der Waals surface area (Å²) in [6.45, 7) is 2.39. The number of aliphatic hydroxyl groups is 1. The summed E-state index contributed by atoms with van der Waals surface area (Å²) in [4.78, 5) is 15.8. The lowest BCUT2D eigenvalue weighted by Gasteiger charge is -2.14.